The number of hydrogen-bond acceptors (Lipinski definition) is 4. The first-order valence-electron chi connectivity index (χ1n) is 5.90. The van der Waals surface area contributed by atoms with Gasteiger partial charge in [-0.15, -0.1) is 0 Å². The van der Waals surface area contributed by atoms with Crippen LogP contribution in [0.4, 0.5) is 5.69 Å². The maximum absolute atomic E-state index is 9.73. The van der Waals surface area contributed by atoms with E-state index in [-0.39, 0.29) is 12.7 Å². The van der Waals surface area contributed by atoms with Gasteiger partial charge in [0.1, 0.15) is 0 Å². The molecule has 5 heteroatoms. The van der Waals surface area contributed by atoms with Crippen molar-refractivity contribution in [1.82, 2.24) is 0 Å². The second kappa shape index (κ2) is 8.32. The fraction of sp³-hybridized carbons (Fsp3) is 0.538. The van der Waals surface area contributed by atoms with Crippen molar-refractivity contribution in [3.63, 3.8) is 0 Å². The van der Waals surface area contributed by atoms with Crippen LogP contribution in [0.1, 0.15) is 6.92 Å². The molecule has 0 amide bonds. The fourth-order valence-electron chi connectivity index (χ4n) is 1.42. The maximum Gasteiger partial charge on any atom is 0.0945 e. The number of aliphatic hydroxyl groups excluding tert-OH is 1. The van der Waals surface area contributed by atoms with E-state index in [1.54, 1.807) is 19.2 Å². The molecule has 0 aromatic heterocycles. The third kappa shape index (κ3) is 6.21. The van der Waals surface area contributed by atoms with Crippen molar-refractivity contribution in [1.29, 1.82) is 0 Å². The Hall–Kier alpha value is -0.810. The average molecular weight is 274 g/mol. The Morgan fingerprint density at radius 2 is 1.94 bits per heavy atom. The first-order valence-corrected chi connectivity index (χ1v) is 6.27. The van der Waals surface area contributed by atoms with E-state index in [0.717, 1.165) is 5.69 Å². The minimum atomic E-state index is -0.556. The molecule has 0 aliphatic carbocycles. The monoisotopic (exact) mass is 273 g/mol. The van der Waals surface area contributed by atoms with Gasteiger partial charge < -0.3 is 19.9 Å². The zero-order valence-corrected chi connectivity index (χ0v) is 11.5. The van der Waals surface area contributed by atoms with Crippen molar-refractivity contribution in [2.24, 2.45) is 0 Å². The number of benzene rings is 1. The first kappa shape index (κ1) is 15.2. The van der Waals surface area contributed by atoms with Gasteiger partial charge in [-0.05, 0) is 31.2 Å². The summed E-state index contributed by atoms with van der Waals surface area (Å²) >= 11 is 5.78. The molecule has 0 saturated carbocycles. The molecule has 2 unspecified atom stereocenters. The second-order valence-electron chi connectivity index (χ2n) is 4.14. The Bertz CT molecular complexity index is 332. The lowest BCUT2D eigenvalue weighted by molar-refractivity contribution is -0.0282. The van der Waals surface area contributed by atoms with Gasteiger partial charge in [-0.25, -0.2) is 0 Å². The number of aliphatic hydroxyl groups is 1. The van der Waals surface area contributed by atoms with Crippen molar-refractivity contribution in [2.45, 2.75) is 19.1 Å². The smallest absolute Gasteiger partial charge is 0.0945 e. The lowest BCUT2D eigenvalue weighted by Gasteiger charge is -2.16. The third-order valence-corrected chi connectivity index (χ3v) is 2.61. The number of rotatable bonds is 8. The van der Waals surface area contributed by atoms with Gasteiger partial charge in [0.15, 0.2) is 0 Å². The van der Waals surface area contributed by atoms with Crippen LogP contribution in [-0.4, -0.2) is 44.2 Å². The van der Waals surface area contributed by atoms with Crippen LogP contribution < -0.4 is 5.32 Å². The van der Waals surface area contributed by atoms with Gasteiger partial charge >= 0.3 is 0 Å². The summed E-state index contributed by atoms with van der Waals surface area (Å²) in [6.07, 6.45) is -0.569. The fourth-order valence-corrected chi connectivity index (χ4v) is 1.55. The minimum Gasteiger partial charge on any atom is -0.389 e. The minimum absolute atomic E-state index is 0.0137. The number of hydrogen-bond donors (Lipinski definition) is 2. The van der Waals surface area contributed by atoms with E-state index in [0.29, 0.717) is 18.2 Å². The highest BCUT2D eigenvalue weighted by Crippen LogP contribution is 2.13. The largest absolute Gasteiger partial charge is 0.389 e. The zero-order chi connectivity index (χ0) is 13.4. The van der Waals surface area contributed by atoms with Crippen LogP contribution in [0.5, 0.6) is 0 Å². The van der Waals surface area contributed by atoms with Crippen LogP contribution in [0, 0.1) is 0 Å². The molecule has 1 aromatic carbocycles. The summed E-state index contributed by atoms with van der Waals surface area (Å²) in [7, 11) is 1.62. The molecule has 102 valence electrons. The molecule has 0 bridgehead atoms. The lowest BCUT2D eigenvalue weighted by Crippen LogP contribution is -2.28. The molecule has 2 atom stereocenters. The molecule has 2 N–H and O–H groups in total. The van der Waals surface area contributed by atoms with Gasteiger partial charge in [0.25, 0.3) is 0 Å². The van der Waals surface area contributed by atoms with Crippen molar-refractivity contribution in [3.05, 3.63) is 29.3 Å². The highest BCUT2D eigenvalue weighted by molar-refractivity contribution is 6.30. The first-order chi connectivity index (χ1) is 8.61. The highest BCUT2D eigenvalue weighted by atomic mass is 35.5. The molecule has 1 aromatic rings. The third-order valence-electron chi connectivity index (χ3n) is 2.36. The molecular formula is C13H20ClNO3. The summed E-state index contributed by atoms with van der Waals surface area (Å²) in [5, 5.41) is 13.5. The van der Waals surface area contributed by atoms with Crippen molar-refractivity contribution < 1.29 is 14.6 Å². The maximum atomic E-state index is 9.73. The van der Waals surface area contributed by atoms with Gasteiger partial charge in [0.2, 0.25) is 0 Å². The standard InChI is InChI=1S/C13H20ClNO3/c1-10(8-17-2)18-9-13(16)7-15-12-5-3-11(14)4-6-12/h3-6,10,13,15-16H,7-9H2,1-2H3. The normalized spacial score (nSPS) is 14.2. The SMILES string of the molecule is COCC(C)OCC(O)CNc1ccc(Cl)cc1. The predicted octanol–water partition coefficient (Wildman–Crippen LogP) is 2.16. The van der Waals surface area contributed by atoms with E-state index < -0.39 is 6.10 Å². The Labute approximate surface area is 113 Å². The topological polar surface area (TPSA) is 50.7 Å². The molecular weight excluding hydrogens is 254 g/mol. The van der Waals surface area contributed by atoms with Crippen LogP contribution in [0.15, 0.2) is 24.3 Å². The molecule has 0 fully saturated rings. The Balaban J connectivity index is 2.20. The van der Waals surface area contributed by atoms with Crippen LogP contribution in [-0.2, 0) is 9.47 Å². The van der Waals surface area contributed by atoms with Gasteiger partial charge in [-0.3, -0.25) is 0 Å². The van der Waals surface area contributed by atoms with E-state index >= 15 is 0 Å². The summed E-state index contributed by atoms with van der Waals surface area (Å²) in [5.41, 5.74) is 0.920. The van der Waals surface area contributed by atoms with Crippen molar-refractivity contribution in [3.8, 4) is 0 Å². The summed E-state index contributed by atoms with van der Waals surface area (Å²) in [6.45, 7) is 3.15. The molecule has 0 aliphatic heterocycles. The number of halogens is 1. The molecule has 0 radical (unpaired) electrons. The average Bonchev–Trinajstić information content (AvgIpc) is 2.36. The molecule has 1 rings (SSSR count). The Morgan fingerprint density at radius 1 is 1.28 bits per heavy atom. The molecule has 0 heterocycles. The van der Waals surface area contributed by atoms with E-state index in [1.807, 2.05) is 19.1 Å². The summed E-state index contributed by atoms with van der Waals surface area (Å²) in [4.78, 5) is 0. The molecule has 4 nitrogen and oxygen atoms in total. The van der Waals surface area contributed by atoms with Gasteiger partial charge in [-0.2, -0.15) is 0 Å². The van der Waals surface area contributed by atoms with E-state index in [2.05, 4.69) is 5.32 Å². The highest BCUT2D eigenvalue weighted by Gasteiger charge is 2.07. The van der Waals surface area contributed by atoms with Crippen LogP contribution in [0.3, 0.4) is 0 Å². The number of ether oxygens (including phenoxy) is 2. The predicted molar refractivity (Wildman–Crippen MR) is 73.2 cm³/mol. The Morgan fingerprint density at radius 3 is 2.56 bits per heavy atom. The van der Waals surface area contributed by atoms with Crippen LogP contribution in [0.25, 0.3) is 0 Å². The van der Waals surface area contributed by atoms with E-state index in [1.165, 1.54) is 0 Å². The van der Waals surface area contributed by atoms with E-state index in [9.17, 15) is 5.11 Å². The Kier molecular flexibility index (Phi) is 7.05. The van der Waals surface area contributed by atoms with Gasteiger partial charge in [0, 0.05) is 24.4 Å². The summed E-state index contributed by atoms with van der Waals surface area (Å²) < 4.78 is 10.4. The molecule has 0 saturated heterocycles. The molecule has 0 spiro atoms. The number of methoxy groups -OCH3 is 1. The van der Waals surface area contributed by atoms with Gasteiger partial charge in [0.05, 0.1) is 25.4 Å². The zero-order valence-electron chi connectivity index (χ0n) is 10.7. The summed E-state index contributed by atoms with van der Waals surface area (Å²) in [5.74, 6) is 0. The van der Waals surface area contributed by atoms with Crippen molar-refractivity contribution >= 4 is 17.3 Å². The van der Waals surface area contributed by atoms with Gasteiger partial charge in [-0.1, -0.05) is 11.6 Å². The summed E-state index contributed by atoms with van der Waals surface area (Å²) in [6, 6.07) is 7.33. The van der Waals surface area contributed by atoms with Crippen LogP contribution in [0.2, 0.25) is 5.02 Å². The van der Waals surface area contributed by atoms with Crippen LogP contribution >= 0.6 is 11.6 Å². The second-order valence-corrected chi connectivity index (χ2v) is 4.58. The number of anilines is 1. The lowest BCUT2D eigenvalue weighted by atomic mass is 10.3. The molecule has 0 aliphatic rings. The number of nitrogens with one attached hydrogen (secondary N) is 1. The molecule has 18 heavy (non-hydrogen) atoms. The van der Waals surface area contributed by atoms with Crippen molar-refractivity contribution in [2.75, 3.05) is 32.2 Å². The van der Waals surface area contributed by atoms with E-state index in [4.69, 9.17) is 21.1 Å². The quantitative estimate of drug-likeness (QED) is 0.762.